The average molecular weight is 522 g/mol. The summed E-state index contributed by atoms with van der Waals surface area (Å²) in [5, 5.41) is 3.40. The highest BCUT2D eigenvalue weighted by Gasteiger charge is 2.26. The van der Waals surface area contributed by atoms with E-state index in [9.17, 15) is 0 Å². The van der Waals surface area contributed by atoms with Gasteiger partial charge in [-0.2, -0.15) is 0 Å². The first kappa shape index (κ1) is 22.4. The molecule has 0 spiro atoms. The fourth-order valence-electron chi connectivity index (χ4n) is 6.77. The van der Waals surface area contributed by atoms with Crippen LogP contribution in [0.15, 0.2) is 144 Å². The first-order chi connectivity index (χ1) is 20.4. The predicted molar refractivity (Wildman–Crippen MR) is 170 cm³/mol. The first-order valence-corrected chi connectivity index (χ1v) is 14.0. The minimum Gasteiger partial charge on any atom is -0.455 e. The van der Waals surface area contributed by atoms with Crippen LogP contribution < -0.4 is 0 Å². The van der Waals surface area contributed by atoms with Crippen LogP contribution in [-0.2, 0) is 0 Å². The molecule has 0 atom stereocenters. The summed E-state index contributed by atoms with van der Waals surface area (Å²) >= 11 is 0. The highest BCUT2D eigenvalue weighted by molar-refractivity contribution is 6.15. The standard InChI is InChI=1S/C39H23NO/c1-2-12-26-25(11-1)27-13-3-4-15-30(27)37-34(22-21-24-10-9-23-40-38(24)37)36-29(26)16-7-17-31(36)33-19-8-18-32-28-14-5-6-20-35(28)41-39(32)33/h1-23H. The number of aromatic nitrogens is 1. The zero-order valence-electron chi connectivity index (χ0n) is 22.1. The van der Waals surface area contributed by atoms with Crippen LogP contribution in [0.1, 0.15) is 0 Å². The number of para-hydroxylation sites is 2. The molecule has 190 valence electrons. The molecule has 2 aromatic heterocycles. The molecule has 1 aliphatic rings. The zero-order chi connectivity index (χ0) is 26.9. The van der Waals surface area contributed by atoms with Crippen molar-refractivity contribution < 1.29 is 4.42 Å². The lowest BCUT2D eigenvalue weighted by molar-refractivity contribution is 0.670. The summed E-state index contributed by atoms with van der Waals surface area (Å²) in [6.45, 7) is 0. The lowest BCUT2D eigenvalue weighted by Gasteiger charge is -2.25. The summed E-state index contributed by atoms with van der Waals surface area (Å²) in [4.78, 5) is 4.96. The van der Waals surface area contributed by atoms with E-state index in [2.05, 4.69) is 121 Å². The molecule has 0 aliphatic heterocycles. The molecule has 9 rings (SSSR count). The van der Waals surface area contributed by atoms with Crippen LogP contribution in [0.2, 0.25) is 0 Å². The number of hydrogen-bond acceptors (Lipinski definition) is 2. The molecule has 41 heavy (non-hydrogen) atoms. The van der Waals surface area contributed by atoms with Crippen molar-refractivity contribution in [2.75, 3.05) is 0 Å². The van der Waals surface area contributed by atoms with Gasteiger partial charge in [-0.25, -0.2) is 0 Å². The van der Waals surface area contributed by atoms with Gasteiger partial charge in [0.1, 0.15) is 11.2 Å². The predicted octanol–water partition coefficient (Wildman–Crippen LogP) is 10.8. The lowest BCUT2D eigenvalue weighted by Crippen LogP contribution is -2.00. The monoisotopic (exact) mass is 521 g/mol. The van der Waals surface area contributed by atoms with Crippen LogP contribution in [0, 0.1) is 0 Å². The Labute approximate surface area is 237 Å². The largest absolute Gasteiger partial charge is 0.455 e. The van der Waals surface area contributed by atoms with Gasteiger partial charge in [-0.1, -0.05) is 121 Å². The number of nitrogens with zero attached hydrogens (tertiary/aromatic N) is 1. The molecule has 1 aliphatic carbocycles. The number of fused-ring (bicyclic) bond motifs is 13. The van der Waals surface area contributed by atoms with E-state index in [0.29, 0.717) is 0 Å². The minimum absolute atomic E-state index is 0.906. The van der Waals surface area contributed by atoms with E-state index < -0.39 is 0 Å². The van der Waals surface area contributed by atoms with E-state index in [1.54, 1.807) is 0 Å². The molecule has 0 unspecified atom stereocenters. The fourth-order valence-corrected chi connectivity index (χ4v) is 6.77. The maximum absolute atomic E-state index is 6.56. The maximum atomic E-state index is 6.56. The van der Waals surface area contributed by atoms with Crippen molar-refractivity contribution in [3.05, 3.63) is 140 Å². The molecule has 0 N–H and O–H groups in total. The average Bonchev–Trinajstić information content (AvgIpc) is 3.42. The van der Waals surface area contributed by atoms with Crippen molar-refractivity contribution >= 4 is 32.8 Å². The Hall–Kier alpha value is -5.47. The lowest BCUT2D eigenvalue weighted by atomic mass is 9.78. The molecule has 2 nitrogen and oxygen atoms in total. The van der Waals surface area contributed by atoms with Crippen molar-refractivity contribution in [2.24, 2.45) is 0 Å². The van der Waals surface area contributed by atoms with E-state index in [4.69, 9.17) is 9.40 Å². The van der Waals surface area contributed by atoms with Gasteiger partial charge in [-0.05, 0) is 56.6 Å². The minimum atomic E-state index is 0.906. The molecule has 0 amide bonds. The summed E-state index contributed by atoms with van der Waals surface area (Å²) in [6.07, 6.45) is 1.90. The van der Waals surface area contributed by atoms with Crippen LogP contribution in [0.3, 0.4) is 0 Å². The molecular formula is C39H23NO. The van der Waals surface area contributed by atoms with Gasteiger partial charge in [-0.15, -0.1) is 0 Å². The molecule has 0 saturated carbocycles. The van der Waals surface area contributed by atoms with Gasteiger partial charge in [0.15, 0.2) is 0 Å². The quantitative estimate of drug-likeness (QED) is 0.215. The van der Waals surface area contributed by atoms with Crippen molar-refractivity contribution in [1.82, 2.24) is 4.98 Å². The molecule has 6 aromatic carbocycles. The molecule has 2 heteroatoms. The van der Waals surface area contributed by atoms with Crippen LogP contribution in [0.25, 0.3) is 88.5 Å². The van der Waals surface area contributed by atoms with Crippen LogP contribution in [-0.4, -0.2) is 4.98 Å². The molecule has 0 fully saturated rings. The highest BCUT2D eigenvalue weighted by atomic mass is 16.3. The summed E-state index contributed by atoms with van der Waals surface area (Å²) in [7, 11) is 0. The Morgan fingerprint density at radius 3 is 1.85 bits per heavy atom. The summed E-state index contributed by atoms with van der Waals surface area (Å²) in [5.41, 5.74) is 14.7. The SMILES string of the molecule is c1ccc2c(c1)-c1ccccc1-c1c(ccc3cccnc13)-c1c-2cccc1-c1cccc2c1oc1ccccc12. The van der Waals surface area contributed by atoms with Gasteiger partial charge in [0.25, 0.3) is 0 Å². The molecule has 0 radical (unpaired) electrons. The molecular weight excluding hydrogens is 498 g/mol. The Morgan fingerprint density at radius 1 is 0.390 bits per heavy atom. The van der Waals surface area contributed by atoms with Gasteiger partial charge in [-0.3, -0.25) is 4.98 Å². The van der Waals surface area contributed by atoms with Crippen LogP contribution >= 0.6 is 0 Å². The van der Waals surface area contributed by atoms with Gasteiger partial charge in [0.05, 0.1) is 5.52 Å². The topological polar surface area (TPSA) is 26.0 Å². The van der Waals surface area contributed by atoms with Crippen molar-refractivity contribution in [3.63, 3.8) is 0 Å². The Bertz CT molecular complexity index is 2320. The van der Waals surface area contributed by atoms with Crippen molar-refractivity contribution in [2.45, 2.75) is 0 Å². The smallest absolute Gasteiger partial charge is 0.143 e. The second kappa shape index (κ2) is 8.51. The third-order valence-corrected chi connectivity index (χ3v) is 8.51. The van der Waals surface area contributed by atoms with E-state index in [0.717, 1.165) is 44.0 Å². The van der Waals surface area contributed by atoms with Crippen LogP contribution in [0.4, 0.5) is 0 Å². The summed E-state index contributed by atoms with van der Waals surface area (Å²) in [6, 6.07) is 47.7. The molecule has 0 bridgehead atoms. The third kappa shape index (κ3) is 3.16. The summed E-state index contributed by atoms with van der Waals surface area (Å²) in [5.74, 6) is 0. The zero-order valence-corrected chi connectivity index (χ0v) is 22.1. The van der Waals surface area contributed by atoms with Crippen molar-refractivity contribution in [1.29, 1.82) is 0 Å². The number of rotatable bonds is 1. The summed E-state index contributed by atoms with van der Waals surface area (Å²) < 4.78 is 6.56. The maximum Gasteiger partial charge on any atom is 0.143 e. The normalized spacial score (nSPS) is 11.9. The van der Waals surface area contributed by atoms with E-state index in [-0.39, 0.29) is 0 Å². The van der Waals surface area contributed by atoms with Gasteiger partial charge < -0.3 is 4.42 Å². The third-order valence-electron chi connectivity index (χ3n) is 8.51. The Morgan fingerprint density at radius 2 is 1.00 bits per heavy atom. The van der Waals surface area contributed by atoms with Crippen LogP contribution in [0.5, 0.6) is 0 Å². The van der Waals surface area contributed by atoms with Gasteiger partial charge in [0, 0.05) is 33.5 Å². The molecule has 0 saturated heterocycles. The van der Waals surface area contributed by atoms with Gasteiger partial charge >= 0.3 is 0 Å². The second-order valence-corrected chi connectivity index (χ2v) is 10.7. The van der Waals surface area contributed by atoms with E-state index in [1.165, 1.54) is 44.5 Å². The Balaban J connectivity index is 1.49. The van der Waals surface area contributed by atoms with E-state index in [1.807, 2.05) is 18.3 Å². The highest BCUT2D eigenvalue weighted by Crippen LogP contribution is 2.52. The van der Waals surface area contributed by atoms with Crippen molar-refractivity contribution in [3.8, 4) is 55.6 Å². The second-order valence-electron chi connectivity index (χ2n) is 10.7. The fraction of sp³-hybridized carbons (Fsp3) is 0. The van der Waals surface area contributed by atoms with E-state index >= 15 is 0 Å². The van der Waals surface area contributed by atoms with Gasteiger partial charge in [0.2, 0.25) is 0 Å². The number of hydrogen-bond donors (Lipinski definition) is 0. The molecule has 8 aromatic rings. The first-order valence-electron chi connectivity index (χ1n) is 14.0. The number of furan rings is 1. The number of benzene rings is 6. The Kier molecular flexibility index (Phi) is 4.64. The molecule has 2 heterocycles. The number of pyridine rings is 1.